The number of amides is 1. The number of hydrogen-bond donors (Lipinski definition) is 1. The van der Waals surface area contributed by atoms with Gasteiger partial charge in [0.1, 0.15) is 6.54 Å². The van der Waals surface area contributed by atoms with E-state index in [-0.39, 0.29) is 10.8 Å². The maximum absolute atomic E-state index is 13.5. The molecule has 176 valence electrons. The van der Waals surface area contributed by atoms with Crippen molar-refractivity contribution in [3.8, 4) is 11.1 Å². The number of nitrogens with one attached hydrogen (secondary N) is 1. The second kappa shape index (κ2) is 8.95. The Balaban J connectivity index is 1.72. The molecule has 7 nitrogen and oxygen atoms in total. The minimum Gasteiger partial charge on any atom is -0.465 e. The number of esters is 1. The fraction of sp³-hybridized carbons (Fsp3) is 0.231. The topological polar surface area (TPSA) is 92.8 Å². The van der Waals surface area contributed by atoms with Gasteiger partial charge in [-0.2, -0.15) is 0 Å². The van der Waals surface area contributed by atoms with Crippen LogP contribution in [0.4, 0.5) is 11.4 Å². The summed E-state index contributed by atoms with van der Waals surface area (Å²) in [6.07, 6.45) is 0. The molecule has 1 aliphatic rings. The molecule has 0 radical (unpaired) electrons. The molecule has 0 saturated heterocycles. The molecule has 0 unspecified atom stereocenters. The van der Waals surface area contributed by atoms with E-state index in [0.717, 1.165) is 15.4 Å². The first kappa shape index (κ1) is 23.5. The zero-order valence-corrected chi connectivity index (χ0v) is 20.3. The van der Waals surface area contributed by atoms with Gasteiger partial charge in [0.05, 0.1) is 23.3 Å². The summed E-state index contributed by atoms with van der Waals surface area (Å²) in [7, 11) is -2.67. The number of benzene rings is 3. The van der Waals surface area contributed by atoms with E-state index in [9.17, 15) is 18.0 Å². The molecule has 0 bridgehead atoms. The lowest BCUT2D eigenvalue weighted by atomic mass is 9.95. The van der Waals surface area contributed by atoms with E-state index in [1.807, 2.05) is 12.1 Å². The SMILES string of the molecule is COC(=O)c1cccc(NC(=O)CN2c3ccc(C(C)C)cc3-c3ccccc3S2(=O)=O)c1C. The van der Waals surface area contributed by atoms with Crippen LogP contribution in [0.3, 0.4) is 0 Å². The molecular weight excluding hydrogens is 452 g/mol. The third-order valence-electron chi connectivity index (χ3n) is 6.00. The molecule has 0 spiro atoms. The number of hydrogen-bond acceptors (Lipinski definition) is 5. The number of anilines is 2. The molecule has 1 aliphatic heterocycles. The third kappa shape index (κ3) is 4.05. The lowest BCUT2D eigenvalue weighted by Crippen LogP contribution is -2.40. The van der Waals surface area contributed by atoms with E-state index >= 15 is 0 Å². The van der Waals surface area contributed by atoms with Crippen molar-refractivity contribution in [3.63, 3.8) is 0 Å². The van der Waals surface area contributed by atoms with Gasteiger partial charge < -0.3 is 10.1 Å². The van der Waals surface area contributed by atoms with Crippen molar-refractivity contribution in [2.45, 2.75) is 31.6 Å². The van der Waals surface area contributed by atoms with Crippen molar-refractivity contribution in [2.24, 2.45) is 0 Å². The molecule has 1 heterocycles. The number of sulfonamides is 1. The highest BCUT2D eigenvalue weighted by Crippen LogP contribution is 2.44. The summed E-state index contributed by atoms with van der Waals surface area (Å²) >= 11 is 0. The Hall–Kier alpha value is -3.65. The van der Waals surface area contributed by atoms with Crippen LogP contribution >= 0.6 is 0 Å². The Kier molecular flexibility index (Phi) is 6.18. The van der Waals surface area contributed by atoms with Gasteiger partial charge in [-0.1, -0.05) is 44.2 Å². The quantitative estimate of drug-likeness (QED) is 0.536. The predicted octanol–water partition coefficient (Wildman–Crippen LogP) is 4.72. The van der Waals surface area contributed by atoms with E-state index < -0.39 is 28.4 Å². The van der Waals surface area contributed by atoms with Gasteiger partial charge in [0.2, 0.25) is 5.91 Å². The average Bonchev–Trinajstić information content (AvgIpc) is 2.82. The average molecular weight is 479 g/mol. The van der Waals surface area contributed by atoms with Crippen LogP contribution in [0, 0.1) is 6.92 Å². The molecule has 34 heavy (non-hydrogen) atoms. The molecule has 4 rings (SSSR count). The first-order valence-electron chi connectivity index (χ1n) is 10.9. The molecule has 1 amide bonds. The van der Waals surface area contributed by atoms with E-state index in [0.29, 0.717) is 28.1 Å². The highest BCUT2D eigenvalue weighted by atomic mass is 32.2. The summed E-state index contributed by atoms with van der Waals surface area (Å²) in [6, 6.07) is 17.4. The minimum absolute atomic E-state index is 0.167. The number of ether oxygens (including phenoxy) is 1. The second-order valence-corrected chi connectivity index (χ2v) is 10.3. The Morgan fingerprint density at radius 2 is 1.74 bits per heavy atom. The zero-order chi connectivity index (χ0) is 24.6. The summed E-state index contributed by atoms with van der Waals surface area (Å²) in [5.41, 5.74) is 4.21. The molecule has 0 aliphatic carbocycles. The largest absolute Gasteiger partial charge is 0.465 e. The molecule has 0 atom stereocenters. The van der Waals surface area contributed by atoms with Crippen LogP contribution in [0.1, 0.15) is 41.3 Å². The maximum Gasteiger partial charge on any atom is 0.338 e. The summed E-state index contributed by atoms with van der Waals surface area (Å²) < 4.78 is 32.9. The lowest BCUT2D eigenvalue weighted by Gasteiger charge is -2.32. The highest BCUT2D eigenvalue weighted by Gasteiger charge is 2.36. The van der Waals surface area contributed by atoms with Crippen molar-refractivity contribution < 1.29 is 22.7 Å². The number of fused-ring (bicyclic) bond motifs is 3. The fourth-order valence-corrected chi connectivity index (χ4v) is 5.75. The van der Waals surface area contributed by atoms with Crippen LogP contribution in [-0.4, -0.2) is 33.9 Å². The smallest absolute Gasteiger partial charge is 0.338 e. The predicted molar refractivity (Wildman–Crippen MR) is 132 cm³/mol. The highest BCUT2D eigenvalue weighted by molar-refractivity contribution is 7.93. The van der Waals surface area contributed by atoms with Gasteiger partial charge in [-0.3, -0.25) is 9.10 Å². The number of nitrogens with zero attached hydrogens (tertiary/aromatic N) is 1. The van der Waals surface area contributed by atoms with Gasteiger partial charge in [-0.05, 0) is 54.3 Å². The van der Waals surface area contributed by atoms with Crippen LogP contribution in [0.2, 0.25) is 0 Å². The molecule has 0 fully saturated rings. The fourth-order valence-electron chi connectivity index (χ4n) is 4.10. The van der Waals surface area contributed by atoms with E-state index in [1.54, 1.807) is 55.5 Å². The normalized spacial score (nSPS) is 13.7. The molecule has 3 aromatic rings. The Morgan fingerprint density at radius 1 is 1.00 bits per heavy atom. The van der Waals surface area contributed by atoms with Gasteiger partial charge in [0.15, 0.2) is 0 Å². The number of methoxy groups -OCH3 is 1. The molecule has 3 aromatic carbocycles. The summed E-state index contributed by atoms with van der Waals surface area (Å²) in [6.45, 7) is 5.43. The first-order valence-corrected chi connectivity index (χ1v) is 12.3. The first-order chi connectivity index (χ1) is 16.1. The summed E-state index contributed by atoms with van der Waals surface area (Å²) in [5.74, 6) is -0.775. The number of carbonyl (C=O) groups is 2. The van der Waals surface area contributed by atoms with Gasteiger partial charge in [0, 0.05) is 16.8 Å². The van der Waals surface area contributed by atoms with Crippen molar-refractivity contribution in [1.82, 2.24) is 0 Å². The second-order valence-electron chi connectivity index (χ2n) is 8.46. The van der Waals surface area contributed by atoms with Crippen molar-refractivity contribution in [2.75, 3.05) is 23.3 Å². The summed E-state index contributed by atoms with van der Waals surface area (Å²) in [4.78, 5) is 25.2. The van der Waals surface area contributed by atoms with Crippen LogP contribution in [0.15, 0.2) is 65.6 Å². The van der Waals surface area contributed by atoms with Crippen molar-refractivity contribution in [3.05, 3.63) is 77.4 Å². The van der Waals surface area contributed by atoms with Gasteiger partial charge in [0.25, 0.3) is 10.0 Å². The maximum atomic E-state index is 13.5. The number of rotatable bonds is 5. The lowest BCUT2D eigenvalue weighted by molar-refractivity contribution is -0.114. The van der Waals surface area contributed by atoms with Gasteiger partial charge in [-0.25, -0.2) is 13.2 Å². The van der Waals surface area contributed by atoms with Gasteiger partial charge >= 0.3 is 5.97 Å². The van der Waals surface area contributed by atoms with Crippen LogP contribution in [-0.2, 0) is 19.6 Å². The molecule has 0 saturated carbocycles. The zero-order valence-electron chi connectivity index (χ0n) is 19.5. The Morgan fingerprint density at radius 3 is 2.44 bits per heavy atom. The Bertz CT molecular complexity index is 1400. The van der Waals surface area contributed by atoms with E-state index in [4.69, 9.17) is 4.74 Å². The third-order valence-corrected chi connectivity index (χ3v) is 7.82. The van der Waals surface area contributed by atoms with Gasteiger partial charge in [-0.15, -0.1) is 0 Å². The van der Waals surface area contributed by atoms with Crippen LogP contribution < -0.4 is 9.62 Å². The Labute approximate surface area is 199 Å². The molecule has 1 N–H and O–H groups in total. The summed E-state index contributed by atoms with van der Waals surface area (Å²) in [5, 5.41) is 2.75. The van der Waals surface area contributed by atoms with Crippen LogP contribution in [0.25, 0.3) is 11.1 Å². The minimum atomic E-state index is -3.95. The number of carbonyl (C=O) groups excluding carboxylic acids is 2. The standard InChI is InChI=1S/C26H26N2O5S/c1-16(2)18-12-13-23-21(14-18)20-8-5-6-11-24(20)34(31,32)28(23)15-25(29)27-22-10-7-9-19(17(22)3)26(30)33-4/h5-14,16H,15H2,1-4H3,(H,27,29). The van der Waals surface area contributed by atoms with Crippen molar-refractivity contribution >= 4 is 33.3 Å². The molecular formula is C26H26N2O5S. The van der Waals surface area contributed by atoms with E-state index in [2.05, 4.69) is 19.2 Å². The molecule has 8 heteroatoms. The molecule has 0 aromatic heterocycles. The van der Waals surface area contributed by atoms with Crippen LogP contribution in [0.5, 0.6) is 0 Å². The monoisotopic (exact) mass is 478 g/mol. The van der Waals surface area contributed by atoms with Crippen molar-refractivity contribution in [1.29, 1.82) is 0 Å². The van der Waals surface area contributed by atoms with E-state index in [1.165, 1.54) is 7.11 Å².